The van der Waals surface area contributed by atoms with Crippen molar-refractivity contribution < 1.29 is 13.9 Å². The van der Waals surface area contributed by atoms with E-state index < -0.39 is 12.1 Å². The lowest BCUT2D eigenvalue weighted by Gasteiger charge is -2.19. The highest BCUT2D eigenvalue weighted by molar-refractivity contribution is 8.13. The second-order valence-electron chi connectivity index (χ2n) is 4.47. The minimum absolute atomic E-state index is 0.363. The Morgan fingerprint density at radius 2 is 2.41 bits per heavy atom. The number of allylic oxidation sites excluding steroid dienone is 2. The number of aliphatic imine (C=N–C) groups is 1. The minimum Gasteiger partial charge on any atom is -0.469 e. The largest absolute Gasteiger partial charge is 0.469 e. The van der Waals surface area contributed by atoms with Crippen molar-refractivity contribution in [1.82, 2.24) is 5.32 Å². The Morgan fingerprint density at radius 1 is 1.59 bits per heavy atom. The third-order valence-electron chi connectivity index (χ3n) is 3.02. The van der Waals surface area contributed by atoms with Gasteiger partial charge in [0, 0.05) is 6.42 Å². The molecule has 0 bridgehead atoms. The Labute approximate surface area is 132 Å². The van der Waals surface area contributed by atoms with Gasteiger partial charge in [0.05, 0.1) is 19.1 Å². The van der Waals surface area contributed by atoms with Crippen molar-refractivity contribution >= 4 is 28.7 Å². The smallest absolute Gasteiger partial charge is 0.412 e. The third-order valence-corrected chi connectivity index (χ3v) is 3.62. The molecule has 22 heavy (non-hydrogen) atoms. The molecule has 0 aromatic carbocycles. The maximum atomic E-state index is 11.3. The highest BCUT2D eigenvalue weighted by Gasteiger charge is 2.21. The molecule has 2 N–H and O–H groups in total. The average molecular weight is 319 g/mol. The zero-order valence-corrected chi connectivity index (χ0v) is 13.1. The van der Waals surface area contributed by atoms with Gasteiger partial charge in [-0.2, -0.15) is 0 Å². The van der Waals surface area contributed by atoms with Gasteiger partial charge in [0.25, 0.3) is 0 Å². The number of hydrogen-bond donors (Lipinski definition) is 2. The number of hydrogen-bond acceptors (Lipinski definition) is 6. The summed E-state index contributed by atoms with van der Waals surface area (Å²) in [5.74, 6) is 0.807. The molecule has 0 aliphatic heterocycles. The molecule has 1 aliphatic carbocycles. The van der Waals surface area contributed by atoms with Crippen LogP contribution in [0.2, 0.25) is 0 Å². The summed E-state index contributed by atoms with van der Waals surface area (Å²) >= 11 is 1.29. The molecule has 1 unspecified atom stereocenters. The van der Waals surface area contributed by atoms with E-state index in [4.69, 9.17) is 9.83 Å². The Kier molecular flexibility index (Phi) is 5.60. The number of furan rings is 1. The van der Waals surface area contributed by atoms with Crippen LogP contribution in [-0.4, -0.2) is 36.4 Å². The Balaban J connectivity index is 2.20. The number of nitrogens with zero attached hydrogens (tertiary/aromatic N) is 1. The van der Waals surface area contributed by atoms with E-state index in [9.17, 15) is 4.79 Å². The fraction of sp³-hybridized carbons (Fsp3) is 0.267. The molecular weight excluding hydrogens is 302 g/mol. The van der Waals surface area contributed by atoms with Crippen LogP contribution in [0.4, 0.5) is 4.79 Å². The van der Waals surface area contributed by atoms with E-state index in [0.717, 1.165) is 11.3 Å². The highest BCUT2D eigenvalue weighted by atomic mass is 32.2. The van der Waals surface area contributed by atoms with Gasteiger partial charge in [-0.25, -0.2) is 9.79 Å². The number of carbonyl (C=O) groups excluding carboxylic acids is 1. The number of amides is 1. The van der Waals surface area contributed by atoms with Crippen LogP contribution in [0.5, 0.6) is 0 Å². The summed E-state index contributed by atoms with van der Waals surface area (Å²) in [5, 5.41) is 11.0. The van der Waals surface area contributed by atoms with Crippen molar-refractivity contribution in [1.29, 1.82) is 5.41 Å². The maximum Gasteiger partial charge on any atom is 0.412 e. The number of nitrogens with one attached hydrogen (secondary N) is 2. The monoisotopic (exact) mass is 319 g/mol. The van der Waals surface area contributed by atoms with Crippen molar-refractivity contribution in [3.05, 3.63) is 48.0 Å². The third kappa shape index (κ3) is 4.11. The summed E-state index contributed by atoms with van der Waals surface area (Å²) in [7, 11) is 1.29. The molecule has 0 radical (unpaired) electrons. The number of carbonyl (C=O) groups is 1. The first-order valence-electron chi connectivity index (χ1n) is 6.58. The highest BCUT2D eigenvalue weighted by Crippen LogP contribution is 2.20. The van der Waals surface area contributed by atoms with Gasteiger partial charge in [-0.1, -0.05) is 23.9 Å². The van der Waals surface area contributed by atoms with Crippen molar-refractivity contribution in [2.75, 3.05) is 13.4 Å². The first kappa shape index (κ1) is 16.1. The molecule has 0 saturated carbocycles. The van der Waals surface area contributed by atoms with Crippen LogP contribution in [0, 0.1) is 5.41 Å². The van der Waals surface area contributed by atoms with Crippen molar-refractivity contribution in [3.8, 4) is 0 Å². The number of thioether (sulfide) groups is 1. The van der Waals surface area contributed by atoms with E-state index >= 15 is 0 Å². The van der Waals surface area contributed by atoms with E-state index in [0.29, 0.717) is 17.3 Å². The summed E-state index contributed by atoms with van der Waals surface area (Å²) in [4.78, 5) is 15.8. The molecule has 0 saturated heterocycles. The van der Waals surface area contributed by atoms with Gasteiger partial charge >= 0.3 is 6.09 Å². The van der Waals surface area contributed by atoms with Gasteiger partial charge < -0.3 is 14.6 Å². The zero-order valence-electron chi connectivity index (χ0n) is 12.3. The van der Waals surface area contributed by atoms with E-state index in [1.807, 2.05) is 24.3 Å². The van der Waals surface area contributed by atoms with Crippen LogP contribution in [0.3, 0.4) is 0 Å². The first-order chi connectivity index (χ1) is 10.6. The molecule has 1 atom stereocenters. The van der Waals surface area contributed by atoms with Crippen molar-refractivity contribution in [2.45, 2.75) is 12.5 Å². The Bertz CT molecular complexity index is 632. The number of rotatable bonds is 3. The fourth-order valence-electron chi connectivity index (χ4n) is 1.97. The molecule has 7 heteroatoms. The predicted molar refractivity (Wildman–Crippen MR) is 87.6 cm³/mol. The minimum atomic E-state index is -0.581. The molecule has 6 nitrogen and oxygen atoms in total. The summed E-state index contributed by atoms with van der Waals surface area (Å²) in [6.07, 6.45) is 8.83. The van der Waals surface area contributed by atoms with Crippen molar-refractivity contribution in [2.24, 2.45) is 4.99 Å². The predicted octanol–water partition coefficient (Wildman–Crippen LogP) is 2.78. The van der Waals surface area contributed by atoms with Gasteiger partial charge in [-0.3, -0.25) is 5.32 Å². The quantitative estimate of drug-likeness (QED) is 0.662. The average Bonchev–Trinajstić information content (AvgIpc) is 3.02. The summed E-state index contributed by atoms with van der Waals surface area (Å²) in [6, 6.07) is 3.26. The SMILES string of the molecule is COC(=O)NC(=NC1C(=N)C=CC=C1Cc1ccco1)SC. The van der Waals surface area contributed by atoms with Gasteiger partial charge in [0.1, 0.15) is 11.8 Å². The summed E-state index contributed by atoms with van der Waals surface area (Å²) in [6.45, 7) is 0. The van der Waals surface area contributed by atoms with Crippen LogP contribution in [0.15, 0.2) is 51.6 Å². The number of ether oxygens (including phenoxy) is 1. The molecule has 116 valence electrons. The lowest BCUT2D eigenvalue weighted by Crippen LogP contribution is -2.31. The lowest BCUT2D eigenvalue weighted by molar-refractivity contribution is 0.177. The van der Waals surface area contributed by atoms with Gasteiger partial charge in [-0.05, 0) is 30.0 Å². The van der Waals surface area contributed by atoms with Crippen molar-refractivity contribution in [3.63, 3.8) is 0 Å². The number of methoxy groups -OCH3 is 1. The lowest BCUT2D eigenvalue weighted by atomic mass is 9.94. The molecule has 1 aromatic heterocycles. The molecule has 0 fully saturated rings. The standard InChI is InChI=1S/C15H17N3O3S/c1-20-15(19)18-14(22-2)17-13-10(5-3-7-12(13)16)9-11-6-4-8-21-11/h3-8,13,16H,9H2,1-2H3,(H,17,18,19). The second-order valence-corrected chi connectivity index (χ2v) is 5.26. The van der Waals surface area contributed by atoms with Crippen LogP contribution in [0.1, 0.15) is 5.76 Å². The van der Waals surface area contributed by atoms with E-state index in [2.05, 4.69) is 15.0 Å². The van der Waals surface area contributed by atoms with Crippen LogP contribution in [0.25, 0.3) is 0 Å². The first-order valence-corrected chi connectivity index (χ1v) is 7.81. The molecule has 2 rings (SSSR count). The number of alkyl carbamates (subject to hydrolysis) is 1. The molecule has 0 spiro atoms. The molecule has 1 aromatic rings. The second kappa shape index (κ2) is 7.65. The van der Waals surface area contributed by atoms with Gasteiger partial charge in [-0.15, -0.1) is 0 Å². The van der Waals surface area contributed by atoms with Crippen LogP contribution < -0.4 is 5.32 Å². The van der Waals surface area contributed by atoms with Crippen LogP contribution in [-0.2, 0) is 11.2 Å². The Hall–Kier alpha value is -2.28. The molecule has 1 heterocycles. The van der Waals surface area contributed by atoms with Gasteiger partial charge in [0.15, 0.2) is 5.17 Å². The molecule has 1 amide bonds. The molecular formula is C15H17N3O3S. The van der Waals surface area contributed by atoms with Gasteiger partial charge in [0.2, 0.25) is 0 Å². The maximum absolute atomic E-state index is 11.3. The topological polar surface area (TPSA) is 87.7 Å². The fourth-order valence-corrected chi connectivity index (χ4v) is 2.37. The summed E-state index contributed by atoms with van der Waals surface area (Å²) in [5.41, 5.74) is 1.29. The zero-order chi connectivity index (χ0) is 15.9. The number of amidine groups is 1. The van der Waals surface area contributed by atoms with E-state index in [1.54, 1.807) is 18.6 Å². The van der Waals surface area contributed by atoms with E-state index in [-0.39, 0.29) is 0 Å². The normalized spacial score (nSPS) is 18.1. The van der Waals surface area contributed by atoms with E-state index in [1.165, 1.54) is 18.9 Å². The van der Waals surface area contributed by atoms with Crippen LogP contribution >= 0.6 is 11.8 Å². The molecule has 1 aliphatic rings. The summed E-state index contributed by atoms with van der Waals surface area (Å²) < 4.78 is 9.92. The Morgan fingerprint density at radius 3 is 3.05 bits per heavy atom.